The van der Waals surface area contributed by atoms with E-state index in [0.717, 1.165) is 51.0 Å². The number of nitrogens with zero attached hydrogens (tertiary/aromatic N) is 4. The fourth-order valence-corrected chi connectivity index (χ4v) is 4.25. The first kappa shape index (κ1) is 18.7. The molecule has 0 amide bonds. The van der Waals surface area contributed by atoms with Crippen LogP contribution in [0.15, 0.2) is 6.07 Å². The number of aromatic nitrogens is 2. The van der Waals surface area contributed by atoms with E-state index in [-0.39, 0.29) is 0 Å². The second-order valence-electron chi connectivity index (χ2n) is 8.23. The smallest absolute Gasteiger partial charge is 0.232 e. The van der Waals surface area contributed by atoms with Crippen molar-refractivity contribution >= 4 is 34.9 Å². The highest BCUT2D eigenvalue weighted by Gasteiger charge is 2.26. The Morgan fingerprint density at radius 3 is 2.33 bits per heavy atom. The molecule has 0 unspecified atom stereocenters. The molecule has 1 aromatic heterocycles. The molecule has 2 aliphatic heterocycles. The topological polar surface area (TPSA) is 65.6 Å². The highest BCUT2D eigenvalue weighted by Crippen LogP contribution is 2.28. The number of rotatable bonds is 4. The lowest BCUT2D eigenvalue weighted by molar-refractivity contribution is 0.122. The molecule has 2 N–H and O–H groups in total. The Morgan fingerprint density at radius 2 is 1.70 bits per heavy atom. The Hall–Kier alpha value is -1.67. The van der Waals surface area contributed by atoms with E-state index in [1.807, 2.05) is 0 Å². The van der Waals surface area contributed by atoms with Gasteiger partial charge in [0.1, 0.15) is 11.6 Å². The van der Waals surface area contributed by atoms with Gasteiger partial charge in [-0.25, -0.2) is 0 Å². The average molecular weight is 391 g/mol. The average Bonchev–Trinajstić information content (AvgIpc) is 3.45. The summed E-state index contributed by atoms with van der Waals surface area (Å²) >= 11 is 5.44. The normalized spacial score (nSPS) is 26.0. The van der Waals surface area contributed by atoms with Gasteiger partial charge in [0, 0.05) is 38.3 Å². The van der Waals surface area contributed by atoms with Gasteiger partial charge in [0.2, 0.25) is 5.95 Å². The van der Waals surface area contributed by atoms with Crippen molar-refractivity contribution in [1.29, 1.82) is 0 Å². The number of hydrogen-bond acceptors (Lipinski definition) is 6. The summed E-state index contributed by atoms with van der Waals surface area (Å²) in [5.74, 6) is 3.86. The van der Waals surface area contributed by atoms with Crippen LogP contribution in [0.3, 0.4) is 0 Å². The maximum atomic E-state index is 5.50. The van der Waals surface area contributed by atoms with Crippen LogP contribution >= 0.6 is 12.2 Å². The third-order valence-electron chi connectivity index (χ3n) is 5.36. The van der Waals surface area contributed by atoms with Crippen LogP contribution in [0, 0.1) is 11.8 Å². The summed E-state index contributed by atoms with van der Waals surface area (Å²) in [6.07, 6.45) is 3.65. The zero-order valence-corrected chi connectivity index (χ0v) is 17.1. The van der Waals surface area contributed by atoms with Crippen LogP contribution in [0.5, 0.6) is 0 Å². The van der Waals surface area contributed by atoms with Crippen LogP contribution in [0.4, 0.5) is 17.6 Å². The van der Waals surface area contributed by atoms with Crippen molar-refractivity contribution in [3.63, 3.8) is 0 Å². The van der Waals surface area contributed by atoms with Gasteiger partial charge in [-0.15, -0.1) is 0 Å². The predicted molar refractivity (Wildman–Crippen MR) is 113 cm³/mol. The minimum absolute atomic E-state index is 0.510. The molecular weight excluding hydrogens is 360 g/mol. The molecule has 4 rings (SSSR count). The fraction of sp³-hybridized carbons (Fsp3) is 0.737. The molecule has 0 aromatic carbocycles. The van der Waals surface area contributed by atoms with Crippen LogP contribution in [-0.4, -0.2) is 60.5 Å². The number of nitrogens with one attached hydrogen (secondary N) is 2. The number of ether oxygens (including phenoxy) is 1. The molecule has 3 aliphatic rings. The standard InChI is InChI=1S/C19H30N6OS/c1-13-9-14(2)12-25(11-13)17-10-16(24-5-7-26-8-6-24)21-18(22-17)23-19(27)20-15-3-4-15/h10,13-15H,3-9,11-12H2,1-2H3,(H2,20,21,22,23,27)/t13-,14-/m0/s1. The summed E-state index contributed by atoms with van der Waals surface area (Å²) in [7, 11) is 0. The van der Waals surface area contributed by atoms with Gasteiger partial charge in [0.15, 0.2) is 5.11 Å². The molecule has 1 saturated carbocycles. The Labute approximate surface area is 166 Å². The zero-order valence-electron chi connectivity index (χ0n) is 16.3. The number of morpholine rings is 1. The van der Waals surface area contributed by atoms with Gasteiger partial charge in [-0.05, 0) is 43.3 Å². The molecule has 27 heavy (non-hydrogen) atoms. The molecule has 0 spiro atoms. The molecule has 8 heteroatoms. The first-order chi connectivity index (χ1) is 13.1. The van der Waals surface area contributed by atoms with Gasteiger partial charge in [-0.3, -0.25) is 0 Å². The first-order valence-electron chi connectivity index (χ1n) is 10.1. The van der Waals surface area contributed by atoms with Gasteiger partial charge >= 0.3 is 0 Å². The van der Waals surface area contributed by atoms with Gasteiger partial charge in [-0.1, -0.05) is 13.8 Å². The summed E-state index contributed by atoms with van der Waals surface area (Å²) in [6, 6.07) is 2.63. The van der Waals surface area contributed by atoms with Crippen LogP contribution in [0.1, 0.15) is 33.1 Å². The monoisotopic (exact) mass is 390 g/mol. The highest BCUT2D eigenvalue weighted by molar-refractivity contribution is 7.80. The number of hydrogen-bond donors (Lipinski definition) is 2. The molecule has 2 atom stereocenters. The van der Waals surface area contributed by atoms with Crippen LogP contribution < -0.4 is 20.4 Å². The molecule has 0 bridgehead atoms. The lowest BCUT2D eigenvalue weighted by Crippen LogP contribution is -2.40. The minimum Gasteiger partial charge on any atom is -0.378 e. The molecule has 7 nitrogen and oxygen atoms in total. The minimum atomic E-state index is 0.510. The molecule has 1 aliphatic carbocycles. The Bertz CT molecular complexity index is 666. The van der Waals surface area contributed by atoms with E-state index >= 15 is 0 Å². The zero-order chi connectivity index (χ0) is 18.8. The molecule has 0 radical (unpaired) electrons. The SMILES string of the molecule is C[C@H]1C[C@H](C)CN(c2cc(N3CCOCC3)nc(NC(=S)NC3CC3)n2)C1. The quantitative estimate of drug-likeness (QED) is 0.759. The third kappa shape index (κ3) is 4.99. The molecule has 1 aromatic rings. The van der Waals surface area contributed by atoms with E-state index in [1.165, 1.54) is 19.3 Å². The van der Waals surface area contributed by atoms with Crippen molar-refractivity contribution in [3.8, 4) is 0 Å². The van der Waals surface area contributed by atoms with Crippen LogP contribution in [-0.2, 0) is 4.74 Å². The van der Waals surface area contributed by atoms with Crippen molar-refractivity contribution in [2.45, 2.75) is 39.2 Å². The number of piperidine rings is 1. The first-order valence-corrected chi connectivity index (χ1v) is 10.5. The predicted octanol–water partition coefficient (Wildman–Crippen LogP) is 2.24. The van der Waals surface area contributed by atoms with Crippen molar-refractivity contribution in [2.75, 3.05) is 54.5 Å². The van der Waals surface area contributed by atoms with Crippen molar-refractivity contribution in [1.82, 2.24) is 15.3 Å². The van der Waals surface area contributed by atoms with Crippen molar-refractivity contribution in [2.24, 2.45) is 11.8 Å². The number of anilines is 3. The molecule has 3 fully saturated rings. The van der Waals surface area contributed by atoms with E-state index in [0.29, 0.717) is 28.9 Å². The van der Waals surface area contributed by atoms with E-state index in [1.54, 1.807) is 0 Å². The lowest BCUT2D eigenvalue weighted by atomic mass is 9.92. The molecule has 3 heterocycles. The Morgan fingerprint density at radius 1 is 1.07 bits per heavy atom. The molecule has 2 saturated heterocycles. The van der Waals surface area contributed by atoms with Crippen LogP contribution in [0.2, 0.25) is 0 Å². The third-order valence-corrected chi connectivity index (χ3v) is 5.58. The second kappa shape index (κ2) is 8.14. The van der Waals surface area contributed by atoms with E-state index < -0.39 is 0 Å². The van der Waals surface area contributed by atoms with Crippen molar-refractivity contribution < 1.29 is 4.74 Å². The molecule has 148 valence electrons. The Kier molecular flexibility index (Phi) is 5.63. The number of thiocarbonyl (C=S) groups is 1. The summed E-state index contributed by atoms with van der Waals surface area (Å²) in [5.41, 5.74) is 0. The van der Waals surface area contributed by atoms with Gasteiger partial charge < -0.3 is 25.2 Å². The van der Waals surface area contributed by atoms with E-state index in [2.05, 4.69) is 40.3 Å². The van der Waals surface area contributed by atoms with Crippen LogP contribution in [0.25, 0.3) is 0 Å². The van der Waals surface area contributed by atoms with Gasteiger partial charge in [0.25, 0.3) is 0 Å². The van der Waals surface area contributed by atoms with E-state index in [4.69, 9.17) is 26.9 Å². The second-order valence-corrected chi connectivity index (χ2v) is 8.64. The van der Waals surface area contributed by atoms with Crippen molar-refractivity contribution in [3.05, 3.63) is 6.07 Å². The van der Waals surface area contributed by atoms with Gasteiger partial charge in [-0.2, -0.15) is 9.97 Å². The maximum absolute atomic E-state index is 5.50. The summed E-state index contributed by atoms with van der Waals surface area (Å²) in [4.78, 5) is 14.2. The maximum Gasteiger partial charge on any atom is 0.232 e. The van der Waals surface area contributed by atoms with Gasteiger partial charge in [0.05, 0.1) is 13.2 Å². The summed E-state index contributed by atoms with van der Waals surface area (Å²) < 4.78 is 5.50. The Balaban J connectivity index is 1.57. The molecular formula is C19H30N6OS. The summed E-state index contributed by atoms with van der Waals surface area (Å²) in [5, 5.41) is 7.13. The summed E-state index contributed by atoms with van der Waals surface area (Å²) in [6.45, 7) is 9.90. The fourth-order valence-electron chi connectivity index (χ4n) is 4.00. The highest BCUT2D eigenvalue weighted by atomic mass is 32.1. The largest absolute Gasteiger partial charge is 0.378 e. The lowest BCUT2D eigenvalue weighted by Gasteiger charge is -2.36. The van der Waals surface area contributed by atoms with E-state index in [9.17, 15) is 0 Å².